The molecular formula is C10H7Cl2NO2. The Labute approximate surface area is 97.2 Å². The molecule has 0 bridgehead atoms. The predicted octanol–water partition coefficient (Wildman–Crippen LogP) is 3.04. The van der Waals surface area contributed by atoms with Crippen molar-refractivity contribution in [1.82, 2.24) is 0 Å². The van der Waals surface area contributed by atoms with Gasteiger partial charge in [0.15, 0.2) is 0 Å². The van der Waals surface area contributed by atoms with Crippen LogP contribution in [-0.4, -0.2) is 12.6 Å². The van der Waals surface area contributed by atoms with Crippen LogP contribution in [-0.2, 0) is 4.74 Å². The van der Waals surface area contributed by atoms with E-state index in [1.807, 2.05) is 6.07 Å². The predicted molar refractivity (Wildman–Crippen MR) is 57.1 cm³/mol. The Morgan fingerprint density at radius 2 is 2.20 bits per heavy atom. The van der Waals surface area contributed by atoms with Crippen LogP contribution in [0.25, 0.3) is 0 Å². The normalized spacial score (nSPS) is 9.47. The van der Waals surface area contributed by atoms with E-state index in [2.05, 4.69) is 0 Å². The van der Waals surface area contributed by atoms with Gasteiger partial charge in [0, 0.05) is 0 Å². The van der Waals surface area contributed by atoms with Crippen LogP contribution >= 0.6 is 23.2 Å². The first-order valence-corrected chi connectivity index (χ1v) is 4.92. The standard InChI is InChI=1S/C10H7Cl2NO2/c1-2-15-10(14)6-3-4-8(11)7(5-13)9(6)12/h3-4H,2H2,1H3. The zero-order valence-corrected chi connectivity index (χ0v) is 9.39. The molecule has 0 N–H and O–H groups in total. The molecule has 5 heteroatoms. The van der Waals surface area contributed by atoms with E-state index < -0.39 is 5.97 Å². The van der Waals surface area contributed by atoms with Gasteiger partial charge in [-0.2, -0.15) is 5.26 Å². The van der Waals surface area contributed by atoms with Crippen LogP contribution < -0.4 is 0 Å². The van der Waals surface area contributed by atoms with Gasteiger partial charge in [0.05, 0.1) is 27.8 Å². The molecule has 1 aromatic rings. The molecule has 78 valence electrons. The third-order valence-electron chi connectivity index (χ3n) is 1.70. The number of hydrogen-bond donors (Lipinski definition) is 0. The molecular weight excluding hydrogens is 237 g/mol. The maximum Gasteiger partial charge on any atom is 0.339 e. The average molecular weight is 244 g/mol. The van der Waals surface area contributed by atoms with Crippen LogP contribution in [0, 0.1) is 11.3 Å². The minimum atomic E-state index is -0.560. The van der Waals surface area contributed by atoms with Gasteiger partial charge in [-0.25, -0.2) is 4.79 Å². The summed E-state index contributed by atoms with van der Waals surface area (Å²) in [6, 6.07) is 4.71. The van der Waals surface area contributed by atoms with Crippen LogP contribution in [0.5, 0.6) is 0 Å². The molecule has 0 saturated heterocycles. The molecule has 0 radical (unpaired) electrons. The molecule has 0 saturated carbocycles. The van der Waals surface area contributed by atoms with Crippen LogP contribution in [0.15, 0.2) is 12.1 Å². The Morgan fingerprint density at radius 1 is 1.53 bits per heavy atom. The number of carbonyl (C=O) groups excluding carboxylic acids is 1. The summed E-state index contributed by atoms with van der Waals surface area (Å²) in [5.41, 5.74) is 0.239. The summed E-state index contributed by atoms with van der Waals surface area (Å²) in [6.45, 7) is 1.94. The molecule has 1 rings (SSSR count). The topological polar surface area (TPSA) is 50.1 Å². The first-order chi connectivity index (χ1) is 7.11. The number of nitriles is 1. The number of halogens is 2. The fourth-order valence-electron chi connectivity index (χ4n) is 1.02. The van der Waals surface area contributed by atoms with Crippen LogP contribution in [0.1, 0.15) is 22.8 Å². The van der Waals surface area contributed by atoms with E-state index >= 15 is 0 Å². The van der Waals surface area contributed by atoms with Gasteiger partial charge in [-0.3, -0.25) is 0 Å². The highest BCUT2D eigenvalue weighted by Crippen LogP contribution is 2.27. The highest BCUT2D eigenvalue weighted by atomic mass is 35.5. The lowest BCUT2D eigenvalue weighted by atomic mass is 10.1. The van der Waals surface area contributed by atoms with E-state index in [1.165, 1.54) is 12.1 Å². The number of hydrogen-bond acceptors (Lipinski definition) is 3. The molecule has 0 unspecified atom stereocenters. The minimum absolute atomic E-state index is 0.0310. The zero-order chi connectivity index (χ0) is 11.4. The van der Waals surface area contributed by atoms with E-state index in [0.29, 0.717) is 0 Å². The Bertz CT molecular complexity index is 438. The lowest BCUT2D eigenvalue weighted by Gasteiger charge is -2.05. The van der Waals surface area contributed by atoms with E-state index in [-0.39, 0.29) is 27.8 Å². The zero-order valence-electron chi connectivity index (χ0n) is 7.88. The van der Waals surface area contributed by atoms with Crippen molar-refractivity contribution in [3.05, 3.63) is 33.3 Å². The molecule has 0 aliphatic rings. The first-order valence-electron chi connectivity index (χ1n) is 4.17. The van der Waals surface area contributed by atoms with Gasteiger partial charge in [0.25, 0.3) is 0 Å². The van der Waals surface area contributed by atoms with E-state index in [1.54, 1.807) is 6.92 Å². The van der Waals surface area contributed by atoms with Gasteiger partial charge in [-0.15, -0.1) is 0 Å². The molecule has 0 atom stereocenters. The third-order valence-corrected chi connectivity index (χ3v) is 2.41. The highest BCUT2D eigenvalue weighted by molar-refractivity contribution is 6.38. The fraction of sp³-hybridized carbons (Fsp3) is 0.200. The van der Waals surface area contributed by atoms with Gasteiger partial charge in [0.1, 0.15) is 6.07 Å². The van der Waals surface area contributed by atoms with Gasteiger partial charge in [0.2, 0.25) is 0 Å². The molecule has 15 heavy (non-hydrogen) atoms. The van der Waals surface area contributed by atoms with E-state index in [9.17, 15) is 4.79 Å². The summed E-state index contributed by atoms with van der Waals surface area (Å²) < 4.78 is 4.77. The number of ether oxygens (including phenoxy) is 1. The smallest absolute Gasteiger partial charge is 0.339 e. The van der Waals surface area contributed by atoms with Gasteiger partial charge < -0.3 is 4.74 Å². The van der Waals surface area contributed by atoms with Crippen LogP contribution in [0.2, 0.25) is 10.0 Å². The number of rotatable bonds is 2. The third kappa shape index (κ3) is 2.41. The molecule has 0 aliphatic heterocycles. The van der Waals surface area contributed by atoms with Crippen molar-refractivity contribution >= 4 is 29.2 Å². The minimum Gasteiger partial charge on any atom is -0.462 e. The maximum atomic E-state index is 11.4. The number of benzene rings is 1. The second-order valence-corrected chi connectivity index (χ2v) is 3.40. The number of nitrogens with zero attached hydrogens (tertiary/aromatic N) is 1. The summed E-state index contributed by atoms with van der Waals surface area (Å²) in [6.07, 6.45) is 0. The monoisotopic (exact) mass is 243 g/mol. The Hall–Kier alpha value is -1.24. The summed E-state index contributed by atoms with van der Waals surface area (Å²) in [5.74, 6) is -0.560. The van der Waals surface area contributed by atoms with Gasteiger partial charge in [-0.05, 0) is 19.1 Å². The number of esters is 1. The number of carbonyl (C=O) groups is 1. The van der Waals surface area contributed by atoms with Crippen LogP contribution in [0.4, 0.5) is 0 Å². The molecule has 0 fully saturated rings. The van der Waals surface area contributed by atoms with Crippen molar-refractivity contribution < 1.29 is 9.53 Å². The van der Waals surface area contributed by atoms with Crippen molar-refractivity contribution in [2.45, 2.75) is 6.92 Å². The molecule has 0 aromatic heterocycles. The van der Waals surface area contributed by atoms with Crippen molar-refractivity contribution in [3.63, 3.8) is 0 Å². The summed E-state index contributed by atoms with van der Waals surface area (Å²) >= 11 is 11.6. The lowest BCUT2D eigenvalue weighted by Crippen LogP contribution is -2.06. The second kappa shape index (κ2) is 5.01. The molecule has 3 nitrogen and oxygen atoms in total. The Balaban J connectivity index is 3.23. The largest absolute Gasteiger partial charge is 0.462 e. The van der Waals surface area contributed by atoms with Crippen molar-refractivity contribution in [2.75, 3.05) is 6.61 Å². The molecule has 0 amide bonds. The SMILES string of the molecule is CCOC(=O)c1ccc(Cl)c(C#N)c1Cl. The van der Waals surface area contributed by atoms with Crippen molar-refractivity contribution in [3.8, 4) is 6.07 Å². The highest BCUT2D eigenvalue weighted by Gasteiger charge is 2.16. The second-order valence-electron chi connectivity index (χ2n) is 2.62. The Kier molecular flexibility index (Phi) is 3.96. The van der Waals surface area contributed by atoms with Crippen molar-refractivity contribution in [1.29, 1.82) is 5.26 Å². The first kappa shape index (κ1) is 11.8. The van der Waals surface area contributed by atoms with Gasteiger partial charge in [-0.1, -0.05) is 23.2 Å². The maximum absolute atomic E-state index is 11.4. The lowest BCUT2D eigenvalue weighted by molar-refractivity contribution is 0.0526. The average Bonchev–Trinajstić information content (AvgIpc) is 2.18. The van der Waals surface area contributed by atoms with E-state index in [4.69, 9.17) is 33.2 Å². The van der Waals surface area contributed by atoms with Gasteiger partial charge >= 0.3 is 5.97 Å². The molecule has 0 aliphatic carbocycles. The quantitative estimate of drug-likeness (QED) is 0.751. The summed E-state index contributed by atoms with van der Waals surface area (Å²) in [4.78, 5) is 11.4. The Morgan fingerprint density at radius 3 is 2.73 bits per heavy atom. The van der Waals surface area contributed by atoms with Crippen LogP contribution in [0.3, 0.4) is 0 Å². The molecule has 1 aromatic carbocycles. The van der Waals surface area contributed by atoms with E-state index in [0.717, 1.165) is 0 Å². The molecule has 0 spiro atoms. The summed E-state index contributed by atoms with van der Waals surface area (Å²) in [7, 11) is 0. The fourth-order valence-corrected chi connectivity index (χ4v) is 1.55. The summed E-state index contributed by atoms with van der Waals surface area (Å²) in [5, 5.41) is 9.01. The molecule has 0 heterocycles. The van der Waals surface area contributed by atoms with Crippen molar-refractivity contribution in [2.24, 2.45) is 0 Å².